The first-order valence-corrected chi connectivity index (χ1v) is 11.0. The number of nitro benzene ring substituents is 1. The number of aliphatic hydroxyl groups is 1. The number of benzene rings is 2. The van der Waals surface area contributed by atoms with Crippen molar-refractivity contribution in [3.8, 4) is 11.5 Å². The molecule has 3 aliphatic heterocycles. The number of carbonyl (C=O) groups excluding carboxylic acids is 2. The van der Waals surface area contributed by atoms with Crippen LogP contribution in [0, 0.1) is 10.1 Å². The second-order valence-corrected chi connectivity index (χ2v) is 8.30. The first kappa shape index (κ1) is 21.9. The minimum Gasteiger partial charge on any atom is -0.507 e. The van der Waals surface area contributed by atoms with Crippen LogP contribution in [-0.4, -0.2) is 59.1 Å². The van der Waals surface area contributed by atoms with Gasteiger partial charge in [0, 0.05) is 30.8 Å². The van der Waals surface area contributed by atoms with Gasteiger partial charge in [-0.1, -0.05) is 12.1 Å². The number of hydrogen-bond donors (Lipinski definition) is 1. The molecule has 1 amide bonds. The van der Waals surface area contributed by atoms with Crippen molar-refractivity contribution in [2.75, 3.05) is 26.4 Å². The maximum absolute atomic E-state index is 13.2. The average molecular weight is 466 g/mol. The van der Waals surface area contributed by atoms with Gasteiger partial charge in [-0.25, -0.2) is 0 Å². The molecule has 0 spiro atoms. The molecule has 10 heteroatoms. The molecule has 34 heavy (non-hydrogen) atoms. The van der Waals surface area contributed by atoms with Crippen molar-refractivity contribution in [1.82, 2.24) is 4.90 Å². The van der Waals surface area contributed by atoms with Gasteiger partial charge in [0.15, 0.2) is 11.5 Å². The van der Waals surface area contributed by atoms with Gasteiger partial charge in [0.2, 0.25) is 0 Å². The average Bonchev–Trinajstić information content (AvgIpc) is 3.46. The molecule has 3 aliphatic rings. The lowest BCUT2D eigenvalue weighted by atomic mass is 9.94. The summed E-state index contributed by atoms with van der Waals surface area (Å²) in [5.74, 6) is -1.11. The lowest BCUT2D eigenvalue weighted by molar-refractivity contribution is -0.384. The van der Waals surface area contributed by atoms with Crippen LogP contribution in [-0.2, 0) is 14.3 Å². The highest BCUT2D eigenvalue weighted by atomic mass is 16.6. The van der Waals surface area contributed by atoms with E-state index < -0.39 is 22.7 Å². The van der Waals surface area contributed by atoms with E-state index in [1.807, 2.05) is 0 Å². The van der Waals surface area contributed by atoms with E-state index in [0.29, 0.717) is 36.9 Å². The van der Waals surface area contributed by atoms with Crippen LogP contribution in [0.2, 0.25) is 0 Å². The zero-order valence-corrected chi connectivity index (χ0v) is 18.1. The molecule has 5 rings (SSSR count). The van der Waals surface area contributed by atoms with Gasteiger partial charge in [-0.3, -0.25) is 19.7 Å². The minimum atomic E-state index is -1.00. The van der Waals surface area contributed by atoms with Gasteiger partial charge < -0.3 is 24.2 Å². The summed E-state index contributed by atoms with van der Waals surface area (Å²) in [7, 11) is 0. The number of hydrogen-bond acceptors (Lipinski definition) is 8. The highest BCUT2D eigenvalue weighted by Crippen LogP contribution is 2.42. The van der Waals surface area contributed by atoms with Crippen LogP contribution in [0.3, 0.4) is 0 Å². The zero-order chi connectivity index (χ0) is 23.8. The van der Waals surface area contributed by atoms with Crippen molar-refractivity contribution >= 4 is 23.1 Å². The Hall–Kier alpha value is -3.92. The molecule has 0 bridgehead atoms. The summed E-state index contributed by atoms with van der Waals surface area (Å²) in [5.41, 5.74) is 0.306. The first-order valence-electron chi connectivity index (χ1n) is 11.0. The van der Waals surface area contributed by atoms with Gasteiger partial charge >= 0.3 is 0 Å². The van der Waals surface area contributed by atoms with Gasteiger partial charge in [-0.2, -0.15) is 0 Å². The maximum atomic E-state index is 13.2. The Morgan fingerprint density at radius 3 is 2.62 bits per heavy atom. The quantitative estimate of drug-likeness (QED) is 0.234. The number of carbonyl (C=O) groups is 2. The molecule has 0 saturated carbocycles. The second-order valence-electron chi connectivity index (χ2n) is 8.30. The second kappa shape index (κ2) is 8.79. The van der Waals surface area contributed by atoms with E-state index in [9.17, 15) is 24.8 Å². The molecule has 10 nitrogen and oxygen atoms in total. The van der Waals surface area contributed by atoms with E-state index in [1.165, 1.54) is 23.1 Å². The highest BCUT2D eigenvalue weighted by Gasteiger charge is 2.47. The molecular formula is C24H22N2O8. The van der Waals surface area contributed by atoms with Crippen LogP contribution < -0.4 is 9.47 Å². The van der Waals surface area contributed by atoms with Crippen molar-refractivity contribution < 1.29 is 33.8 Å². The number of Topliss-reactive ketones (excluding diaryl/α,β-unsaturated/α-hetero) is 1. The summed E-state index contributed by atoms with van der Waals surface area (Å²) < 4.78 is 16.8. The smallest absolute Gasteiger partial charge is 0.295 e. The molecule has 176 valence electrons. The van der Waals surface area contributed by atoms with Crippen LogP contribution in [0.5, 0.6) is 11.5 Å². The van der Waals surface area contributed by atoms with Crippen LogP contribution in [0.25, 0.3) is 5.76 Å². The van der Waals surface area contributed by atoms with Crippen LogP contribution in [0.15, 0.2) is 48.0 Å². The third-order valence-corrected chi connectivity index (χ3v) is 6.18. The van der Waals surface area contributed by atoms with Crippen molar-refractivity contribution in [1.29, 1.82) is 0 Å². The van der Waals surface area contributed by atoms with E-state index in [2.05, 4.69) is 0 Å². The maximum Gasteiger partial charge on any atom is 0.295 e. The van der Waals surface area contributed by atoms with E-state index in [4.69, 9.17) is 14.2 Å². The Bertz CT molecular complexity index is 1200. The predicted molar refractivity (Wildman–Crippen MR) is 119 cm³/mol. The molecule has 2 atom stereocenters. The standard InChI is InChI=1S/C24H22N2O8/c27-22(15-6-7-18-19(12-15)34-10-9-33-18)20-21(14-3-1-4-16(11-14)26(30)31)25(24(29)23(20)28)13-17-5-2-8-32-17/h1,3-4,6-7,11-12,17,21,27H,2,5,8-10,13H2/b22-20-. The number of amides is 1. The number of nitro groups is 1. The van der Waals surface area contributed by atoms with Crippen LogP contribution in [0.1, 0.15) is 30.0 Å². The number of nitrogens with zero attached hydrogens (tertiary/aromatic N) is 2. The lowest BCUT2D eigenvalue weighted by Crippen LogP contribution is -2.36. The molecule has 2 aromatic rings. The summed E-state index contributed by atoms with van der Waals surface area (Å²) in [5, 5.41) is 22.6. The van der Waals surface area contributed by atoms with Gasteiger partial charge in [0.05, 0.1) is 22.6 Å². The van der Waals surface area contributed by atoms with E-state index in [-0.39, 0.29) is 35.2 Å². The summed E-state index contributed by atoms with van der Waals surface area (Å²) in [6, 6.07) is 9.47. The predicted octanol–water partition coefficient (Wildman–Crippen LogP) is 2.97. The van der Waals surface area contributed by atoms with Crippen molar-refractivity contribution in [3.63, 3.8) is 0 Å². The molecule has 2 fully saturated rings. The number of likely N-dealkylation sites (tertiary alicyclic amines) is 1. The fourth-order valence-corrected chi connectivity index (χ4v) is 4.58. The summed E-state index contributed by atoms with van der Waals surface area (Å²) in [4.78, 5) is 38.4. The molecule has 2 aromatic carbocycles. The molecule has 2 unspecified atom stereocenters. The first-order chi connectivity index (χ1) is 16.4. The van der Waals surface area contributed by atoms with Crippen molar-refractivity contribution in [3.05, 3.63) is 69.3 Å². The fourth-order valence-electron chi connectivity index (χ4n) is 4.58. The summed E-state index contributed by atoms with van der Waals surface area (Å²) in [6.45, 7) is 1.44. The van der Waals surface area contributed by atoms with E-state index >= 15 is 0 Å². The number of non-ortho nitro benzene ring substituents is 1. The molecule has 0 aliphatic carbocycles. The highest BCUT2D eigenvalue weighted by molar-refractivity contribution is 6.46. The SMILES string of the molecule is O=C1C(=O)N(CC2CCCO2)C(c2cccc([N+](=O)[O-])c2)/C1=C(/O)c1ccc2c(c1)OCCO2. The summed E-state index contributed by atoms with van der Waals surface area (Å²) in [6.07, 6.45) is 1.31. The monoisotopic (exact) mass is 466 g/mol. The number of rotatable bonds is 5. The van der Waals surface area contributed by atoms with Crippen LogP contribution in [0.4, 0.5) is 5.69 Å². The molecule has 0 radical (unpaired) electrons. The Labute approximate surface area is 194 Å². The molecule has 0 aromatic heterocycles. The molecule has 1 N–H and O–H groups in total. The number of ether oxygens (including phenoxy) is 3. The third-order valence-electron chi connectivity index (χ3n) is 6.18. The third kappa shape index (κ3) is 3.86. The van der Waals surface area contributed by atoms with Crippen LogP contribution >= 0.6 is 0 Å². The van der Waals surface area contributed by atoms with Gasteiger partial charge in [-0.15, -0.1) is 0 Å². The van der Waals surface area contributed by atoms with Crippen molar-refractivity contribution in [2.45, 2.75) is 25.0 Å². The molecule has 2 saturated heterocycles. The molecular weight excluding hydrogens is 444 g/mol. The topological polar surface area (TPSA) is 128 Å². The summed E-state index contributed by atoms with van der Waals surface area (Å²) >= 11 is 0. The zero-order valence-electron chi connectivity index (χ0n) is 18.1. The van der Waals surface area contributed by atoms with E-state index in [1.54, 1.807) is 24.3 Å². The molecule has 3 heterocycles. The number of ketones is 1. The van der Waals surface area contributed by atoms with Gasteiger partial charge in [-0.05, 0) is 36.6 Å². The Balaban J connectivity index is 1.62. The fraction of sp³-hybridized carbons (Fsp3) is 0.333. The Kier molecular flexibility index (Phi) is 5.66. The van der Waals surface area contributed by atoms with E-state index in [0.717, 1.165) is 12.8 Å². The number of aliphatic hydroxyl groups excluding tert-OH is 1. The van der Waals surface area contributed by atoms with Crippen molar-refractivity contribution in [2.24, 2.45) is 0 Å². The largest absolute Gasteiger partial charge is 0.507 e. The lowest BCUT2D eigenvalue weighted by Gasteiger charge is -2.27. The minimum absolute atomic E-state index is 0.135. The normalized spacial score (nSPS) is 23.4. The number of fused-ring (bicyclic) bond motifs is 1. The van der Waals surface area contributed by atoms with Gasteiger partial charge in [0.1, 0.15) is 19.0 Å². The Morgan fingerprint density at radius 2 is 1.88 bits per heavy atom. The Morgan fingerprint density at radius 1 is 1.09 bits per heavy atom. The van der Waals surface area contributed by atoms with Gasteiger partial charge in [0.25, 0.3) is 17.4 Å².